The van der Waals surface area contributed by atoms with Crippen LogP contribution in [0.1, 0.15) is 5.89 Å². The molecule has 0 aliphatic rings. The van der Waals surface area contributed by atoms with Crippen molar-refractivity contribution in [2.45, 2.75) is 6.61 Å². The lowest BCUT2D eigenvalue weighted by Gasteiger charge is -2.12. The fourth-order valence-electron chi connectivity index (χ4n) is 2.36. The van der Waals surface area contributed by atoms with Gasteiger partial charge in [-0.3, -0.25) is 0 Å². The molecule has 3 aromatic rings. The predicted molar refractivity (Wildman–Crippen MR) is 103 cm³/mol. The third-order valence-corrected chi connectivity index (χ3v) is 4.48. The second-order valence-corrected chi connectivity index (χ2v) is 6.57. The summed E-state index contributed by atoms with van der Waals surface area (Å²) >= 11 is 9.31. The van der Waals surface area contributed by atoms with E-state index < -0.39 is 0 Å². The van der Waals surface area contributed by atoms with Gasteiger partial charge in [-0.2, -0.15) is 0 Å². The van der Waals surface area contributed by atoms with Crippen LogP contribution in [0.15, 0.2) is 39.2 Å². The van der Waals surface area contributed by atoms with Crippen molar-refractivity contribution in [3.05, 3.63) is 45.7 Å². The second-order valence-electron chi connectivity index (χ2n) is 5.28. The van der Waals surface area contributed by atoms with Crippen molar-refractivity contribution in [1.29, 1.82) is 0 Å². The summed E-state index contributed by atoms with van der Waals surface area (Å²) in [5, 5.41) is 8.68. The van der Waals surface area contributed by atoms with E-state index in [1.165, 1.54) is 21.3 Å². The predicted octanol–water partition coefficient (Wildman–Crippen LogP) is 4.76. The fourth-order valence-corrected chi connectivity index (χ4v) is 3.16. The minimum Gasteiger partial charge on any atom is -0.493 e. The van der Waals surface area contributed by atoms with Crippen LogP contribution in [-0.4, -0.2) is 31.5 Å². The van der Waals surface area contributed by atoms with Gasteiger partial charge in [-0.1, -0.05) is 11.6 Å². The first-order chi connectivity index (χ1) is 13.0. The molecule has 0 aliphatic carbocycles. The largest absolute Gasteiger partial charge is 0.493 e. The molecule has 27 heavy (non-hydrogen) atoms. The SMILES string of the molecule is COc1cc(-c2nnc(COc3ccc(Cl)cc3Br)o2)cc(OC)c1OC. The maximum Gasteiger partial charge on any atom is 0.254 e. The van der Waals surface area contributed by atoms with Crippen molar-refractivity contribution in [2.24, 2.45) is 0 Å². The molecular formula is C18H16BrClN2O5. The minimum atomic E-state index is 0.109. The van der Waals surface area contributed by atoms with Crippen molar-refractivity contribution in [3.8, 4) is 34.5 Å². The van der Waals surface area contributed by atoms with E-state index in [0.717, 1.165) is 4.47 Å². The van der Waals surface area contributed by atoms with E-state index in [4.69, 9.17) is 35.0 Å². The zero-order valence-corrected chi connectivity index (χ0v) is 17.1. The number of aromatic nitrogens is 2. The van der Waals surface area contributed by atoms with Gasteiger partial charge in [0.2, 0.25) is 11.6 Å². The van der Waals surface area contributed by atoms with Gasteiger partial charge >= 0.3 is 0 Å². The summed E-state index contributed by atoms with van der Waals surface area (Å²) in [6, 6.07) is 8.69. The summed E-state index contributed by atoms with van der Waals surface area (Å²) in [7, 11) is 4.62. The van der Waals surface area contributed by atoms with Crippen LogP contribution in [0.4, 0.5) is 0 Å². The summed E-state index contributed by atoms with van der Waals surface area (Å²) in [6.45, 7) is 0.109. The van der Waals surface area contributed by atoms with Crippen molar-refractivity contribution in [2.75, 3.05) is 21.3 Å². The van der Waals surface area contributed by atoms with Crippen molar-refractivity contribution < 1.29 is 23.4 Å². The first kappa shape index (κ1) is 19.3. The number of methoxy groups -OCH3 is 3. The minimum absolute atomic E-state index is 0.109. The van der Waals surface area contributed by atoms with Gasteiger partial charge in [-0.15, -0.1) is 10.2 Å². The highest BCUT2D eigenvalue weighted by atomic mass is 79.9. The molecular weight excluding hydrogens is 440 g/mol. The van der Waals surface area contributed by atoms with Crippen LogP contribution in [0.5, 0.6) is 23.0 Å². The molecule has 0 N–H and O–H groups in total. The Morgan fingerprint density at radius 3 is 2.26 bits per heavy atom. The summed E-state index contributed by atoms with van der Waals surface area (Å²) in [6.07, 6.45) is 0. The first-order valence-corrected chi connectivity index (χ1v) is 8.93. The normalized spacial score (nSPS) is 10.6. The zero-order valence-electron chi connectivity index (χ0n) is 14.8. The van der Waals surface area contributed by atoms with Crippen LogP contribution in [0.3, 0.4) is 0 Å². The quantitative estimate of drug-likeness (QED) is 0.508. The Bertz CT molecular complexity index is 922. The summed E-state index contributed by atoms with van der Waals surface area (Å²) in [5.41, 5.74) is 0.635. The zero-order chi connectivity index (χ0) is 19.4. The summed E-state index contributed by atoms with van der Waals surface area (Å²) < 4.78 is 28.1. The van der Waals surface area contributed by atoms with Crippen molar-refractivity contribution >= 4 is 27.5 Å². The fraction of sp³-hybridized carbons (Fsp3) is 0.222. The lowest BCUT2D eigenvalue weighted by atomic mass is 10.2. The topological polar surface area (TPSA) is 75.8 Å². The Balaban J connectivity index is 1.81. The molecule has 2 aromatic carbocycles. The molecule has 0 spiro atoms. The van der Waals surface area contributed by atoms with Crippen molar-refractivity contribution in [3.63, 3.8) is 0 Å². The highest BCUT2D eigenvalue weighted by molar-refractivity contribution is 9.10. The average molecular weight is 456 g/mol. The molecule has 0 bridgehead atoms. The number of nitrogens with zero attached hydrogens (tertiary/aromatic N) is 2. The van der Waals surface area contributed by atoms with E-state index in [2.05, 4.69) is 26.1 Å². The highest BCUT2D eigenvalue weighted by Gasteiger charge is 2.17. The number of hydrogen-bond acceptors (Lipinski definition) is 7. The Hall–Kier alpha value is -2.45. The third-order valence-electron chi connectivity index (χ3n) is 3.62. The first-order valence-electron chi connectivity index (χ1n) is 7.76. The molecule has 0 saturated heterocycles. The lowest BCUT2D eigenvalue weighted by molar-refractivity contribution is 0.263. The molecule has 0 atom stereocenters. The van der Waals surface area contributed by atoms with Crippen LogP contribution in [0, 0.1) is 0 Å². The molecule has 0 saturated carbocycles. The van der Waals surface area contributed by atoms with Gasteiger partial charge in [0.05, 0.1) is 25.8 Å². The Morgan fingerprint density at radius 1 is 0.963 bits per heavy atom. The van der Waals surface area contributed by atoms with E-state index in [-0.39, 0.29) is 6.61 Å². The molecule has 3 rings (SSSR count). The van der Waals surface area contributed by atoms with E-state index in [0.29, 0.717) is 45.4 Å². The third kappa shape index (κ3) is 4.28. The monoisotopic (exact) mass is 454 g/mol. The van der Waals surface area contributed by atoms with Crippen LogP contribution >= 0.6 is 27.5 Å². The number of ether oxygens (including phenoxy) is 4. The number of hydrogen-bond donors (Lipinski definition) is 0. The molecule has 0 amide bonds. The summed E-state index contributed by atoms with van der Waals surface area (Å²) in [4.78, 5) is 0. The molecule has 7 nitrogen and oxygen atoms in total. The Morgan fingerprint density at radius 2 is 1.67 bits per heavy atom. The van der Waals surface area contributed by atoms with Gasteiger partial charge in [0.1, 0.15) is 5.75 Å². The van der Waals surface area contributed by atoms with Crippen molar-refractivity contribution in [1.82, 2.24) is 10.2 Å². The maximum atomic E-state index is 5.92. The molecule has 0 fully saturated rings. The Labute approximate surface area is 169 Å². The molecule has 9 heteroatoms. The number of benzene rings is 2. The van der Waals surface area contributed by atoms with Gasteiger partial charge in [0, 0.05) is 10.6 Å². The van der Waals surface area contributed by atoms with E-state index in [9.17, 15) is 0 Å². The van der Waals surface area contributed by atoms with Gasteiger partial charge in [0.15, 0.2) is 18.1 Å². The van der Waals surface area contributed by atoms with Crippen LogP contribution in [0.2, 0.25) is 5.02 Å². The van der Waals surface area contributed by atoms with Crippen LogP contribution < -0.4 is 18.9 Å². The van der Waals surface area contributed by atoms with Gasteiger partial charge in [0.25, 0.3) is 5.89 Å². The van der Waals surface area contributed by atoms with Gasteiger partial charge in [-0.05, 0) is 46.3 Å². The van der Waals surface area contributed by atoms with E-state index >= 15 is 0 Å². The maximum absolute atomic E-state index is 5.92. The number of rotatable bonds is 7. The van der Waals surface area contributed by atoms with Gasteiger partial charge < -0.3 is 23.4 Å². The van der Waals surface area contributed by atoms with Crippen LogP contribution in [0.25, 0.3) is 11.5 Å². The molecule has 1 heterocycles. The van der Waals surface area contributed by atoms with Crippen LogP contribution in [-0.2, 0) is 6.61 Å². The highest BCUT2D eigenvalue weighted by Crippen LogP contribution is 2.40. The van der Waals surface area contributed by atoms with Gasteiger partial charge in [-0.25, -0.2) is 0 Å². The lowest BCUT2D eigenvalue weighted by Crippen LogP contribution is -1.96. The molecule has 0 aliphatic heterocycles. The van der Waals surface area contributed by atoms with E-state index in [1.807, 2.05) is 0 Å². The Kier molecular flexibility index (Phi) is 6.08. The average Bonchev–Trinajstić information content (AvgIpc) is 3.15. The number of halogens is 2. The standard InChI is InChI=1S/C18H16BrClN2O5/c1-23-14-6-10(7-15(24-2)17(14)25-3)18-22-21-16(27-18)9-26-13-5-4-11(20)8-12(13)19/h4-8H,9H2,1-3H3. The molecule has 0 unspecified atom stereocenters. The molecule has 142 valence electrons. The molecule has 1 aromatic heterocycles. The second kappa shape index (κ2) is 8.49. The summed E-state index contributed by atoms with van der Waals surface area (Å²) in [5.74, 6) is 2.72. The molecule has 0 radical (unpaired) electrons. The van der Waals surface area contributed by atoms with E-state index in [1.54, 1.807) is 30.3 Å². The smallest absolute Gasteiger partial charge is 0.254 e.